The highest BCUT2D eigenvalue weighted by Crippen LogP contribution is 2.33. The van der Waals surface area contributed by atoms with Crippen molar-refractivity contribution in [3.05, 3.63) is 65.6 Å². The number of halogens is 1. The molecule has 3 aromatic rings. The fourth-order valence-electron chi connectivity index (χ4n) is 3.44. The van der Waals surface area contributed by atoms with E-state index in [0.29, 0.717) is 19.0 Å². The standard InChI is InChI=1S/C21H23ClN4O/c1-15-6-8-16(9-7-15)26-19(24-10-4-5-11-24)17-12-25(13-18(17)23-26)20(27)21(2,3)14-22/h4-11H,12-14H2,1-3H3. The van der Waals surface area contributed by atoms with Crippen LogP contribution in [-0.2, 0) is 17.9 Å². The van der Waals surface area contributed by atoms with Gasteiger partial charge in [0.05, 0.1) is 29.9 Å². The summed E-state index contributed by atoms with van der Waals surface area (Å²) in [6, 6.07) is 12.3. The molecule has 140 valence electrons. The molecule has 1 aliphatic rings. The van der Waals surface area contributed by atoms with Crippen molar-refractivity contribution in [2.24, 2.45) is 5.41 Å². The van der Waals surface area contributed by atoms with Gasteiger partial charge in [-0.15, -0.1) is 11.6 Å². The second-order valence-electron chi connectivity index (χ2n) is 7.77. The van der Waals surface area contributed by atoms with Gasteiger partial charge in [0.15, 0.2) is 0 Å². The molecule has 6 heteroatoms. The first-order valence-corrected chi connectivity index (χ1v) is 9.60. The zero-order valence-electron chi connectivity index (χ0n) is 15.8. The van der Waals surface area contributed by atoms with Gasteiger partial charge >= 0.3 is 0 Å². The van der Waals surface area contributed by atoms with E-state index < -0.39 is 5.41 Å². The van der Waals surface area contributed by atoms with Crippen molar-refractivity contribution in [2.45, 2.75) is 33.9 Å². The highest BCUT2D eigenvalue weighted by atomic mass is 35.5. The Labute approximate surface area is 164 Å². The van der Waals surface area contributed by atoms with Crippen molar-refractivity contribution in [2.75, 3.05) is 5.88 Å². The minimum absolute atomic E-state index is 0.0656. The van der Waals surface area contributed by atoms with Crippen LogP contribution >= 0.6 is 11.6 Å². The molecule has 1 aliphatic heterocycles. The Morgan fingerprint density at radius 1 is 1.15 bits per heavy atom. The van der Waals surface area contributed by atoms with Gasteiger partial charge in [0, 0.05) is 23.8 Å². The average Bonchev–Trinajstić information content (AvgIpc) is 3.37. The van der Waals surface area contributed by atoms with Crippen LogP contribution in [-0.4, -0.2) is 31.0 Å². The zero-order chi connectivity index (χ0) is 19.2. The summed E-state index contributed by atoms with van der Waals surface area (Å²) >= 11 is 6.01. The van der Waals surface area contributed by atoms with Gasteiger partial charge in [-0.1, -0.05) is 17.7 Å². The molecule has 0 fully saturated rings. The number of aromatic nitrogens is 3. The molecule has 0 spiro atoms. The quantitative estimate of drug-likeness (QED) is 0.638. The second-order valence-corrected chi connectivity index (χ2v) is 8.03. The number of alkyl halides is 1. The lowest BCUT2D eigenvalue weighted by Gasteiger charge is -2.27. The van der Waals surface area contributed by atoms with Crippen LogP contribution in [0.25, 0.3) is 11.5 Å². The molecule has 3 heterocycles. The number of hydrogen-bond acceptors (Lipinski definition) is 2. The first-order valence-electron chi connectivity index (χ1n) is 9.07. The van der Waals surface area contributed by atoms with Crippen LogP contribution in [0.3, 0.4) is 0 Å². The van der Waals surface area contributed by atoms with Crippen LogP contribution in [0, 0.1) is 12.3 Å². The molecule has 0 N–H and O–H groups in total. The van der Waals surface area contributed by atoms with Gasteiger partial charge in [0.25, 0.3) is 0 Å². The molecule has 1 aromatic carbocycles. The largest absolute Gasteiger partial charge is 0.332 e. The maximum atomic E-state index is 12.9. The number of nitrogens with zero attached hydrogens (tertiary/aromatic N) is 4. The summed E-state index contributed by atoms with van der Waals surface area (Å²) in [5.74, 6) is 1.35. The molecule has 5 nitrogen and oxygen atoms in total. The van der Waals surface area contributed by atoms with Crippen molar-refractivity contribution >= 4 is 17.5 Å². The number of carbonyl (C=O) groups is 1. The Kier molecular flexibility index (Phi) is 4.35. The molecule has 0 atom stereocenters. The van der Waals surface area contributed by atoms with Crippen molar-refractivity contribution in [1.82, 2.24) is 19.2 Å². The summed E-state index contributed by atoms with van der Waals surface area (Å²) in [6.07, 6.45) is 4.02. The van der Waals surface area contributed by atoms with E-state index in [2.05, 4.69) is 35.8 Å². The number of fused-ring (bicyclic) bond motifs is 1. The second kappa shape index (κ2) is 6.57. The molecule has 4 rings (SSSR count). The summed E-state index contributed by atoms with van der Waals surface area (Å²) < 4.78 is 4.03. The zero-order valence-corrected chi connectivity index (χ0v) is 16.6. The lowest BCUT2D eigenvalue weighted by Crippen LogP contribution is -2.39. The highest BCUT2D eigenvalue weighted by molar-refractivity contribution is 6.19. The third kappa shape index (κ3) is 3.06. The van der Waals surface area contributed by atoms with Crippen LogP contribution in [0.15, 0.2) is 48.8 Å². The van der Waals surface area contributed by atoms with Gasteiger partial charge in [0.2, 0.25) is 5.91 Å². The van der Waals surface area contributed by atoms with E-state index in [1.165, 1.54) is 5.56 Å². The average molecular weight is 383 g/mol. The minimum Gasteiger partial charge on any atom is -0.332 e. The van der Waals surface area contributed by atoms with Crippen LogP contribution < -0.4 is 0 Å². The maximum absolute atomic E-state index is 12.9. The predicted octanol–water partition coefficient (Wildman–Crippen LogP) is 4.08. The van der Waals surface area contributed by atoms with Gasteiger partial charge in [0.1, 0.15) is 5.82 Å². The van der Waals surface area contributed by atoms with E-state index in [0.717, 1.165) is 22.8 Å². The molecule has 2 aromatic heterocycles. The molecule has 0 aliphatic carbocycles. The SMILES string of the molecule is Cc1ccc(-n2nc3c(c2-n2cccc2)CN(C(=O)C(C)(C)CCl)C3)cc1. The smallest absolute Gasteiger partial charge is 0.230 e. The first-order chi connectivity index (χ1) is 12.9. The topological polar surface area (TPSA) is 43.1 Å². The van der Waals surface area contributed by atoms with Gasteiger partial charge < -0.3 is 9.47 Å². The van der Waals surface area contributed by atoms with Crippen LogP contribution in [0.2, 0.25) is 0 Å². The van der Waals surface area contributed by atoms with E-state index in [1.54, 1.807) is 0 Å². The number of amides is 1. The van der Waals surface area contributed by atoms with Crippen LogP contribution in [0.1, 0.15) is 30.7 Å². The molecule has 0 radical (unpaired) electrons. The van der Waals surface area contributed by atoms with Crippen molar-refractivity contribution < 1.29 is 4.79 Å². The van der Waals surface area contributed by atoms with E-state index >= 15 is 0 Å². The molecule has 0 saturated carbocycles. The van der Waals surface area contributed by atoms with Gasteiger partial charge in [-0.3, -0.25) is 4.79 Å². The van der Waals surface area contributed by atoms with E-state index in [1.807, 2.05) is 48.0 Å². The Balaban J connectivity index is 1.76. The van der Waals surface area contributed by atoms with Crippen molar-refractivity contribution in [3.8, 4) is 11.5 Å². The lowest BCUT2D eigenvalue weighted by atomic mass is 9.94. The van der Waals surface area contributed by atoms with Gasteiger partial charge in [-0.25, -0.2) is 4.68 Å². The van der Waals surface area contributed by atoms with Gasteiger partial charge in [-0.05, 0) is 45.0 Å². The summed E-state index contributed by atoms with van der Waals surface area (Å²) in [5, 5.41) is 4.86. The van der Waals surface area contributed by atoms with E-state index in [4.69, 9.17) is 16.7 Å². The molecule has 0 unspecified atom stereocenters. The Morgan fingerprint density at radius 3 is 2.44 bits per heavy atom. The number of rotatable bonds is 4. The summed E-state index contributed by atoms with van der Waals surface area (Å²) in [6.45, 7) is 6.91. The fourth-order valence-corrected chi connectivity index (χ4v) is 3.55. The summed E-state index contributed by atoms with van der Waals surface area (Å²) in [7, 11) is 0. The molecule has 0 saturated heterocycles. The number of benzene rings is 1. The van der Waals surface area contributed by atoms with Crippen molar-refractivity contribution in [3.63, 3.8) is 0 Å². The lowest BCUT2D eigenvalue weighted by molar-refractivity contribution is -0.139. The number of aryl methyl sites for hydroxylation is 1. The maximum Gasteiger partial charge on any atom is 0.230 e. The predicted molar refractivity (Wildman–Crippen MR) is 106 cm³/mol. The Bertz CT molecular complexity index is 971. The third-order valence-corrected chi connectivity index (χ3v) is 5.73. The molecule has 1 amide bonds. The summed E-state index contributed by atoms with van der Waals surface area (Å²) in [4.78, 5) is 14.7. The Morgan fingerprint density at radius 2 is 1.81 bits per heavy atom. The van der Waals surface area contributed by atoms with Gasteiger partial charge in [-0.2, -0.15) is 5.10 Å². The van der Waals surface area contributed by atoms with E-state index in [-0.39, 0.29) is 5.91 Å². The monoisotopic (exact) mass is 382 g/mol. The van der Waals surface area contributed by atoms with Crippen LogP contribution in [0.5, 0.6) is 0 Å². The van der Waals surface area contributed by atoms with Crippen LogP contribution in [0.4, 0.5) is 0 Å². The molecular formula is C21H23ClN4O. The molecular weight excluding hydrogens is 360 g/mol. The highest BCUT2D eigenvalue weighted by Gasteiger charge is 2.37. The minimum atomic E-state index is -0.578. The first kappa shape index (κ1) is 17.9. The summed E-state index contributed by atoms with van der Waals surface area (Å²) in [5.41, 5.74) is 3.67. The molecule has 27 heavy (non-hydrogen) atoms. The fraction of sp³-hybridized carbons (Fsp3) is 0.333. The number of carbonyl (C=O) groups excluding carboxylic acids is 1. The normalized spacial score (nSPS) is 13.9. The third-order valence-electron chi connectivity index (χ3n) is 5.06. The Hall–Kier alpha value is -2.53. The molecule has 0 bridgehead atoms. The van der Waals surface area contributed by atoms with Crippen molar-refractivity contribution in [1.29, 1.82) is 0 Å². The van der Waals surface area contributed by atoms with E-state index in [9.17, 15) is 4.79 Å². The number of hydrogen-bond donors (Lipinski definition) is 0.